The molecule has 3 fully saturated rings. The predicted molar refractivity (Wildman–Crippen MR) is 550 cm³/mol. The normalized spacial score (nSPS) is 14.3. The summed E-state index contributed by atoms with van der Waals surface area (Å²) in [6, 6.07) is 65.6. The molecule has 20 heteroatoms. The zero-order chi connectivity index (χ0) is 95.9. The molecular weight excluding hydrogens is 2080 g/mol. The molecule has 4 heterocycles. The summed E-state index contributed by atoms with van der Waals surface area (Å²) in [5, 5.41) is 0. The van der Waals surface area contributed by atoms with Crippen LogP contribution in [0, 0.1) is 138 Å². The standard InChI is InChI=1S/C25H26N2.C19H22N2.C19H20N2.C15H24N2.3C10H6O2.C6H4O2.4CH3.4Pd/c1-16-11-18(3)24(19(4)12-16)26-15-27(23-10-8-7-9-22(23)26)25-20(5)13-17(2)14-21(25)6;2*1-14-7-5-8-15(2)18(14)20-11-12-21(13-20)19-16(3)9-6-10-17(19)4;1-3-7-14(8-4-1)16-11-12-17(13-16)15-9-5-2-6-10-15;3*11-9-5-6-10(12)8-4-2-1-3-7(8)9;7-5-1-2-6(8)4-3-5;;;;;;;;/h7-14H,1-6H3;5-10H,11-12H2,1-4H3;5-12H,1-4H3;11-12,14-15H,1-10H2;3*1-6H;1-4H;4*1H3;;;;/q;;;;;;;;4*-1;;;;. The molecule has 6 aliphatic carbocycles. The summed E-state index contributed by atoms with van der Waals surface area (Å²) in [4.78, 5) is 92.5. The van der Waals surface area contributed by atoms with Crippen LogP contribution in [0.15, 0.2) is 280 Å². The van der Waals surface area contributed by atoms with Gasteiger partial charge in [-0.05, 0) is 60.8 Å². The van der Waals surface area contributed by atoms with Crippen molar-refractivity contribution in [3.63, 3.8) is 0 Å². The molecule has 0 spiro atoms. The molecule has 0 N–H and O–H groups in total. The average Bonchev–Trinajstić information content (AvgIpc) is 1.58. The van der Waals surface area contributed by atoms with Crippen LogP contribution < -0.4 is 9.80 Å². The van der Waals surface area contributed by atoms with Gasteiger partial charge in [-0.1, -0.05) is 72.8 Å². The maximum atomic E-state index is 11.2. The zero-order valence-corrected chi connectivity index (χ0v) is 88.5. The molecule has 0 atom stereocenters. The van der Waals surface area contributed by atoms with Gasteiger partial charge in [0.05, 0.1) is 0 Å². The third kappa shape index (κ3) is 25.5. The number of rotatable bonds is 8. The van der Waals surface area contributed by atoms with Crippen molar-refractivity contribution < 1.29 is 113 Å². The van der Waals surface area contributed by atoms with Gasteiger partial charge in [0.2, 0.25) is 0 Å². The van der Waals surface area contributed by atoms with Crippen molar-refractivity contribution in [1.82, 2.24) is 27.4 Å². The topological polar surface area (TPSA) is 173 Å². The fourth-order valence-electron chi connectivity index (χ4n) is 18.8. The number of nitrogens with zero attached hydrogens (tertiary/aromatic N) is 8. The second-order valence-corrected chi connectivity index (χ2v) is 37.7. The van der Waals surface area contributed by atoms with Gasteiger partial charge < -0.3 is 29.7 Å². The first-order chi connectivity index (χ1) is 64.3. The monoisotopic (exact) mass is 2210 g/mol. The second-order valence-electron chi connectivity index (χ2n) is 34.9. The minimum atomic E-state index is -0.121. The number of aryl methyl sites for hydroxylation is 14. The van der Waals surface area contributed by atoms with Crippen molar-refractivity contribution in [3.05, 3.63) is 432 Å². The van der Waals surface area contributed by atoms with Gasteiger partial charge >= 0.3 is 584 Å². The number of aromatic nitrogens is 6. The number of imidazole rings is 3. The summed E-state index contributed by atoms with van der Waals surface area (Å²) >= 11 is 14.2. The van der Waals surface area contributed by atoms with Crippen LogP contribution in [0.3, 0.4) is 0 Å². The van der Waals surface area contributed by atoms with E-state index in [1.165, 1.54) is 256 Å². The molecule has 1 saturated heterocycles. The molecule has 10 aromatic carbocycles. The van der Waals surface area contributed by atoms with Crippen molar-refractivity contribution in [3.8, 4) is 22.7 Å². The van der Waals surface area contributed by atoms with Crippen molar-refractivity contribution in [2.45, 2.75) is 173 Å². The Morgan fingerprint density at radius 1 is 0.246 bits per heavy atom. The number of para-hydroxylation sites is 6. The Labute approximate surface area is 857 Å². The third-order valence-electron chi connectivity index (χ3n) is 25.0. The van der Waals surface area contributed by atoms with E-state index in [0.29, 0.717) is 33.4 Å². The first kappa shape index (κ1) is 110. The van der Waals surface area contributed by atoms with Gasteiger partial charge in [0.25, 0.3) is 0 Å². The summed E-state index contributed by atoms with van der Waals surface area (Å²) in [5.41, 5.74) is 31.3. The van der Waals surface area contributed by atoms with Crippen molar-refractivity contribution in [2.75, 3.05) is 22.9 Å². The molecule has 3 aromatic heterocycles. The Morgan fingerprint density at radius 3 is 0.739 bits per heavy atom. The number of allylic oxidation sites excluding steroid dienone is 10. The number of ketones is 8. The summed E-state index contributed by atoms with van der Waals surface area (Å²) < 4.78 is 18.8. The number of fused-ring (bicyclic) bond motifs is 4. The second kappa shape index (κ2) is 50.2. The first-order valence-corrected chi connectivity index (χ1v) is 48.6. The summed E-state index contributed by atoms with van der Waals surface area (Å²) in [6.45, 7) is 32.5. The molecule has 13 aromatic rings. The van der Waals surface area contributed by atoms with E-state index in [1.54, 1.807) is 72.8 Å². The van der Waals surface area contributed by atoms with Crippen LogP contribution >= 0.6 is 0 Å². The zero-order valence-electron chi connectivity index (χ0n) is 82.3. The fourth-order valence-corrected chi connectivity index (χ4v) is 21.6. The maximum absolute atomic E-state index is 11.2. The summed E-state index contributed by atoms with van der Waals surface area (Å²) in [5.74, 6) is -0.796. The van der Waals surface area contributed by atoms with Crippen LogP contribution in [-0.2, 0) is 84.6 Å². The molecule has 138 heavy (non-hydrogen) atoms. The number of anilines is 2. The molecule has 0 amide bonds. The van der Waals surface area contributed by atoms with Gasteiger partial charge in [-0.25, -0.2) is 0 Å². The molecule has 1 aliphatic heterocycles. The van der Waals surface area contributed by atoms with Gasteiger partial charge in [0.15, 0.2) is 46.3 Å². The van der Waals surface area contributed by atoms with Crippen molar-refractivity contribution >= 4 is 72.9 Å². The van der Waals surface area contributed by atoms with Gasteiger partial charge in [-0.2, -0.15) is 0 Å². The molecule has 7 aliphatic rings. The Morgan fingerprint density at radius 2 is 0.486 bits per heavy atom. The van der Waals surface area contributed by atoms with E-state index in [1.807, 2.05) is 0 Å². The Kier molecular flexibility index (Phi) is 40.0. The van der Waals surface area contributed by atoms with Crippen LogP contribution in [-0.4, -0.2) is 91.0 Å². The molecule has 20 rings (SSSR count). The summed E-state index contributed by atoms with van der Waals surface area (Å²) in [7, 11) is 0. The Bertz CT molecular complexity index is 6410. The number of hydrogen-bond donors (Lipinski definition) is 0. The van der Waals surface area contributed by atoms with E-state index in [2.05, 4.69) is 355 Å². The molecule has 2 saturated carbocycles. The number of benzene rings is 10. The van der Waals surface area contributed by atoms with E-state index in [-0.39, 0.29) is 76.0 Å². The van der Waals surface area contributed by atoms with Crippen molar-refractivity contribution in [2.24, 2.45) is 0 Å². The Balaban J connectivity index is 0.000000180. The van der Waals surface area contributed by atoms with Gasteiger partial charge in [-0.3, -0.25) is 38.4 Å². The number of hydrogen-bond acceptors (Lipinski definition) is 10. The van der Waals surface area contributed by atoms with Crippen LogP contribution in [0.2, 0.25) is 0 Å². The summed E-state index contributed by atoms with van der Waals surface area (Å²) in [6.07, 6.45) is 35.7. The SMILES string of the molecule is Cc1cc(C)c(-n2[c](=[Pd])n(-c3c(C)cc(C)cc3C)c3ccccc32)c(C)c1.Cc1cccc(C)c1-n1ccn(-c2c(C)cccc2C)[c]1=[Pd].Cc1cccc(C)c1N1CCN(c2c(C)cccc2C)[C]1=[Pd].O=C1C=CC(=O)C=C1.O=C1C=CC(=O)c2ccccc21.O=C1C=CC(=O)c2ccccc21.O=C1C=CC(=O)c2ccccc21.[CH3-].[CH3-].[CH3-].[CH3-].[Pd]=[c]1n(C2CCCCC2)ccn1C1CCCCC1. The molecule has 0 bridgehead atoms. The molecule has 16 nitrogen and oxygen atoms in total. The van der Waals surface area contributed by atoms with Crippen LogP contribution in [0.4, 0.5) is 11.4 Å². The van der Waals surface area contributed by atoms with Gasteiger partial charge in [0, 0.05) is 33.4 Å². The van der Waals surface area contributed by atoms with Crippen LogP contribution in [0.5, 0.6) is 0 Å². The van der Waals surface area contributed by atoms with Crippen LogP contribution in [0.25, 0.3) is 33.8 Å². The van der Waals surface area contributed by atoms with Gasteiger partial charge in [-0.15, -0.1) is 0 Å². The molecule has 730 valence electrons. The first-order valence-electron chi connectivity index (χ1n) is 45.5. The quantitative estimate of drug-likeness (QED) is 0.0809. The fraction of sp³-hybridized carbons (Fsp3) is 0.237. The number of carbonyl (C=O) groups excluding carboxylic acids is 8. The Hall–Kier alpha value is -11.7. The van der Waals surface area contributed by atoms with Crippen molar-refractivity contribution in [1.29, 1.82) is 0 Å². The molecule has 0 radical (unpaired) electrons. The van der Waals surface area contributed by atoms with Crippen LogP contribution in [0.1, 0.15) is 216 Å². The average molecular weight is 2210 g/mol. The van der Waals surface area contributed by atoms with Gasteiger partial charge in [0.1, 0.15) is 0 Å². The van der Waals surface area contributed by atoms with E-state index < -0.39 is 0 Å². The minimum absolute atomic E-state index is 0. The van der Waals surface area contributed by atoms with E-state index in [0.717, 1.165) is 33.0 Å². The number of carbonyl (C=O) groups is 8. The van der Waals surface area contributed by atoms with E-state index in [9.17, 15) is 38.4 Å². The molecular formula is C118H126N8O8Pd4-4. The predicted octanol–water partition coefficient (Wildman–Crippen LogP) is 26.1. The third-order valence-corrected chi connectivity index (χ3v) is 28.1. The van der Waals surface area contributed by atoms with E-state index in [4.69, 9.17) is 0 Å². The molecule has 0 unspecified atom stereocenters. The van der Waals surface area contributed by atoms with E-state index >= 15 is 0 Å².